The summed E-state index contributed by atoms with van der Waals surface area (Å²) in [6.07, 6.45) is 0.324. The van der Waals surface area contributed by atoms with E-state index in [0.717, 1.165) is 5.56 Å². The first-order valence-electron chi connectivity index (χ1n) is 10.1. The summed E-state index contributed by atoms with van der Waals surface area (Å²) in [5.74, 6) is -0.297. The maximum atomic E-state index is 14.1. The number of hydrogen-bond donors (Lipinski definition) is 1. The molecule has 162 valence electrons. The first kappa shape index (κ1) is 23.4. The number of rotatable bonds is 8. The lowest BCUT2D eigenvalue weighted by atomic mass is 10.0. The minimum Gasteiger partial charge on any atom is -0.497 e. The van der Waals surface area contributed by atoms with E-state index in [1.165, 1.54) is 11.0 Å². The number of nitrogens with one attached hydrogen (secondary N) is 1. The van der Waals surface area contributed by atoms with Crippen molar-refractivity contribution in [3.63, 3.8) is 0 Å². The van der Waals surface area contributed by atoms with Gasteiger partial charge in [-0.15, -0.1) is 0 Å². The molecule has 2 amide bonds. The molecular weight excluding hydrogens is 383 g/mol. The topological polar surface area (TPSA) is 58.6 Å². The van der Waals surface area contributed by atoms with Gasteiger partial charge in [0.2, 0.25) is 11.8 Å². The Labute approximate surface area is 178 Å². The van der Waals surface area contributed by atoms with Crippen molar-refractivity contribution in [3.8, 4) is 5.75 Å². The van der Waals surface area contributed by atoms with E-state index < -0.39 is 17.4 Å². The van der Waals surface area contributed by atoms with Gasteiger partial charge in [0.1, 0.15) is 17.6 Å². The summed E-state index contributed by atoms with van der Waals surface area (Å²) in [7, 11) is 1.58. The lowest BCUT2D eigenvalue weighted by Gasteiger charge is -2.33. The average molecular weight is 415 g/mol. The van der Waals surface area contributed by atoms with Crippen LogP contribution in [0.25, 0.3) is 0 Å². The number of carbonyl (C=O) groups is 2. The SMILES string of the molecule is CCC(C(=O)NC(C)(C)C)N(Cc1cccc(OC)c1)C(=O)Cc1ccccc1F. The van der Waals surface area contributed by atoms with E-state index in [-0.39, 0.29) is 24.8 Å². The molecule has 0 aliphatic rings. The molecule has 1 N–H and O–H groups in total. The van der Waals surface area contributed by atoms with E-state index in [0.29, 0.717) is 17.7 Å². The van der Waals surface area contributed by atoms with Crippen LogP contribution in [-0.4, -0.2) is 35.4 Å². The molecule has 2 aromatic carbocycles. The number of hydrogen-bond acceptors (Lipinski definition) is 3. The second-order valence-electron chi connectivity index (χ2n) is 8.30. The van der Waals surface area contributed by atoms with Gasteiger partial charge in [0.15, 0.2) is 0 Å². The summed E-state index contributed by atoms with van der Waals surface area (Å²) in [6, 6.07) is 12.9. The third-order valence-corrected chi connectivity index (χ3v) is 4.67. The lowest BCUT2D eigenvalue weighted by Crippen LogP contribution is -2.53. The number of benzene rings is 2. The molecule has 0 aliphatic carbocycles. The van der Waals surface area contributed by atoms with Crippen molar-refractivity contribution in [2.24, 2.45) is 0 Å². The van der Waals surface area contributed by atoms with E-state index >= 15 is 0 Å². The minimum atomic E-state index is -0.672. The first-order chi connectivity index (χ1) is 14.1. The van der Waals surface area contributed by atoms with Gasteiger partial charge in [-0.25, -0.2) is 4.39 Å². The van der Waals surface area contributed by atoms with Gasteiger partial charge in [0, 0.05) is 12.1 Å². The van der Waals surface area contributed by atoms with Crippen LogP contribution in [0.1, 0.15) is 45.2 Å². The van der Waals surface area contributed by atoms with Crippen molar-refractivity contribution in [2.75, 3.05) is 7.11 Å². The second kappa shape index (κ2) is 10.2. The predicted octanol–water partition coefficient (Wildman–Crippen LogP) is 4.10. The molecule has 2 aromatic rings. The number of nitrogens with zero attached hydrogens (tertiary/aromatic N) is 1. The highest BCUT2D eigenvalue weighted by atomic mass is 19.1. The molecule has 6 heteroatoms. The molecular formula is C24H31FN2O3. The number of carbonyl (C=O) groups excluding carboxylic acids is 2. The second-order valence-corrected chi connectivity index (χ2v) is 8.30. The molecule has 0 bridgehead atoms. The summed E-state index contributed by atoms with van der Waals surface area (Å²) < 4.78 is 19.4. The molecule has 0 spiro atoms. The zero-order chi connectivity index (χ0) is 22.3. The third-order valence-electron chi connectivity index (χ3n) is 4.67. The van der Waals surface area contributed by atoms with Crippen LogP contribution < -0.4 is 10.1 Å². The molecule has 1 unspecified atom stereocenters. The highest BCUT2D eigenvalue weighted by Gasteiger charge is 2.31. The maximum Gasteiger partial charge on any atom is 0.243 e. The smallest absolute Gasteiger partial charge is 0.243 e. The quantitative estimate of drug-likeness (QED) is 0.708. The summed E-state index contributed by atoms with van der Waals surface area (Å²) >= 11 is 0. The minimum absolute atomic E-state index is 0.115. The number of amides is 2. The highest BCUT2D eigenvalue weighted by molar-refractivity contribution is 5.88. The molecule has 1 atom stereocenters. The Kier molecular flexibility index (Phi) is 7.98. The summed E-state index contributed by atoms with van der Waals surface area (Å²) in [5, 5.41) is 2.96. The number of methoxy groups -OCH3 is 1. The number of ether oxygens (including phenoxy) is 1. The number of halogens is 1. The van der Waals surface area contributed by atoms with Crippen LogP contribution in [0.3, 0.4) is 0 Å². The van der Waals surface area contributed by atoms with Crippen LogP contribution in [0, 0.1) is 5.82 Å². The van der Waals surface area contributed by atoms with Crippen LogP contribution in [0.5, 0.6) is 5.75 Å². The molecule has 5 nitrogen and oxygen atoms in total. The lowest BCUT2D eigenvalue weighted by molar-refractivity contribution is -0.141. The van der Waals surface area contributed by atoms with Crippen LogP contribution in [0.15, 0.2) is 48.5 Å². The molecule has 0 saturated carbocycles. The standard InChI is InChI=1S/C24H31FN2O3/c1-6-21(23(29)26-24(2,3)4)27(16-17-10-9-12-19(14-17)30-5)22(28)15-18-11-7-8-13-20(18)25/h7-14,21H,6,15-16H2,1-5H3,(H,26,29). The fourth-order valence-electron chi connectivity index (χ4n) is 3.25. The van der Waals surface area contributed by atoms with E-state index in [1.807, 2.05) is 52.0 Å². The van der Waals surface area contributed by atoms with E-state index in [2.05, 4.69) is 5.32 Å². The Morgan fingerprint density at radius 2 is 1.83 bits per heavy atom. The van der Waals surface area contributed by atoms with Gasteiger partial charge in [-0.3, -0.25) is 9.59 Å². The van der Waals surface area contributed by atoms with Crippen molar-refractivity contribution in [2.45, 2.75) is 58.7 Å². The third kappa shape index (κ3) is 6.58. The fourth-order valence-corrected chi connectivity index (χ4v) is 3.25. The van der Waals surface area contributed by atoms with Crippen molar-refractivity contribution in [1.82, 2.24) is 10.2 Å². The first-order valence-corrected chi connectivity index (χ1v) is 10.1. The van der Waals surface area contributed by atoms with Crippen LogP contribution in [0.4, 0.5) is 4.39 Å². The largest absolute Gasteiger partial charge is 0.497 e. The Bertz CT molecular complexity index is 877. The molecule has 0 heterocycles. The normalized spacial score (nSPS) is 12.2. The van der Waals surface area contributed by atoms with E-state index in [4.69, 9.17) is 4.74 Å². The summed E-state index contributed by atoms with van der Waals surface area (Å²) in [4.78, 5) is 27.7. The molecule has 30 heavy (non-hydrogen) atoms. The predicted molar refractivity (Wildman–Crippen MR) is 116 cm³/mol. The summed E-state index contributed by atoms with van der Waals surface area (Å²) in [6.45, 7) is 7.77. The molecule has 0 saturated heterocycles. The van der Waals surface area contributed by atoms with Gasteiger partial charge in [-0.1, -0.05) is 37.3 Å². The van der Waals surface area contributed by atoms with Gasteiger partial charge >= 0.3 is 0 Å². The van der Waals surface area contributed by atoms with Gasteiger partial charge in [0.05, 0.1) is 13.5 Å². The molecule has 0 aliphatic heterocycles. The molecule has 2 rings (SSSR count). The summed E-state index contributed by atoms with van der Waals surface area (Å²) in [5.41, 5.74) is 0.711. The van der Waals surface area contributed by atoms with Crippen molar-refractivity contribution in [3.05, 3.63) is 65.5 Å². The van der Waals surface area contributed by atoms with Crippen LogP contribution >= 0.6 is 0 Å². The molecule has 0 fully saturated rings. The highest BCUT2D eigenvalue weighted by Crippen LogP contribution is 2.19. The van der Waals surface area contributed by atoms with Crippen molar-refractivity contribution < 1.29 is 18.7 Å². The Balaban J connectivity index is 2.35. The van der Waals surface area contributed by atoms with Crippen LogP contribution in [-0.2, 0) is 22.6 Å². The van der Waals surface area contributed by atoms with Crippen LogP contribution in [0.2, 0.25) is 0 Å². The maximum absolute atomic E-state index is 14.1. The Morgan fingerprint density at radius 3 is 2.43 bits per heavy atom. The zero-order valence-electron chi connectivity index (χ0n) is 18.4. The Hall–Kier alpha value is -2.89. The van der Waals surface area contributed by atoms with Gasteiger partial charge in [0.25, 0.3) is 0 Å². The van der Waals surface area contributed by atoms with E-state index in [9.17, 15) is 14.0 Å². The molecule has 0 aromatic heterocycles. The van der Waals surface area contributed by atoms with Crippen molar-refractivity contribution >= 4 is 11.8 Å². The van der Waals surface area contributed by atoms with E-state index in [1.54, 1.807) is 25.3 Å². The zero-order valence-corrected chi connectivity index (χ0v) is 18.4. The fraction of sp³-hybridized carbons (Fsp3) is 0.417. The van der Waals surface area contributed by atoms with Crippen molar-refractivity contribution in [1.29, 1.82) is 0 Å². The average Bonchev–Trinajstić information content (AvgIpc) is 2.68. The monoisotopic (exact) mass is 414 g/mol. The Morgan fingerprint density at radius 1 is 1.13 bits per heavy atom. The van der Waals surface area contributed by atoms with Gasteiger partial charge in [-0.2, -0.15) is 0 Å². The molecule has 0 radical (unpaired) electrons. The van der Waals surface area contributed by atoms with Gasteiger partial charge in [-0.05, 0) is 56.5 Å². The van der Waals surface area contributed by atoms with Gasteiger partial charge < -0.3 is 15.0 Å².